The van der Waals surface area contributed by atoms with Gasteiger partial charge < -0.3 is 14.5 Å². The molecule has 0 saturated carbocycles. The van der Waals surface area contributed by atoms with Crippen molar-refractivity contribution < 1.29 is 9.53 Å². The van der Waals surface area contributed by atoms with Crippen LogP contribution in [-0.4, -0.2) is 59.2 Å². The lowest BCUT2D eigenvalue weighted by Gasteiger charge is -2.31. The fourth-order valence-electron chi connectivity index (χ4n) is 3.64. The number of morpholine rings is 1. The average Bonchev–Trinajstić information content (AvgIpc) is 3.16. The van der Waals surface area contributed by atoms with Crippen molar-refractivity contribution in [3.63, 3.8) is 0 Å². The quantitative estimate of drug-likeness (QED) is 0.682. The molecule has 0 atom stereocenters. The first kappa shape index (κ1) is 18.4. The van der Waals surface area contributed by atoms with Gasteiger partial charge in [-0.3, -0.25) is 4.79 Å². The van der Waals surface area contributed by atoms with Crippen LogP contribution in [0, 0.1) is 0 Å². The van der Waals surface area contributed by atoms with Crippen molar-refractivity contribution in [1.82, 2.24) is 19.9 Å². The molecule has 7 heteroatoms. The monoisotopic (exact) mass is 379 g/mol. The van der Waals surface area contributed by atoms with Gasteiger partial charge in [0.2, 0.25) is 0 Å². The Balaban J connectivity index is 1.54. The number of fused-ring (bicyclic) bond motifs is 1. The summed E-state index contributed by atoms with van der Waals surface area (Å²) >= 11 is 0. The normalized spacial score (nSPS) is 14.4. The van der Waals surface area contributed by atoms with Gasteiger partial charge in [-0.1, -0.05) is 23.4 Å². The minimum Gasteiger partial charge on any atom is -0.378 e. The predicted octanol–water partition coefficient (Wildman–Crippen LogP) is 2.56. The van der Waals surface area contributed by atoms with E-state index in [1.54, 1.807) is 4.90 Å². The van der Waals surface area contributed by atoms with E-state index in [0.717, 1.165) is 49.4 Å². The Labute approximate surface area is 164 Å². The molecule has 1 aliphatic heterocycles. The third kappa shape index (κ3) is 3.57. The molecule has 0 bridgehead atoms. The van der Waals surface area contributed by atoms with Crippen molar-refractivity contribution in [2.45, 2.75) is 20.0 Å². The maximum Gasteiger partial charge on any atom is 0.253 e. The summed E-state index contributed by atoms with van der Waals surface area (Å²) in [4.78, 5) is 17.1. The van der Waals surface area contributed by atoms with Crippen molar-refractivity contribution in [3.05, 3.63) is 53.6 Å². The molecule has 0 radical (unpaired) electrons. The van der Waals surface area contributed by atoms with E-state index in [4.69, 9.17) is 4.74 Å². The molecule has 146 valence electrons. The Kier molecular flexibility index (Phi) is 5.25. The summed E-state index contributed by atoms with van der Waals surface area (Å²) in [5.74, 6) is -0.0234. The van der Waals surface area contributed by atoms with Gasteiger partial charge >= 0.3 is 0 Å². The minimum absolute atomic E-state index is 0.0234. The minimum atomic E-state index is -0.0234. The maximum absolute atomic E-state index is 13.0. The first-order valence-corrected chi connectivity index (χ1v) is 9.66. The summed E-state index contributed by atoms with van der Waals surface area (Å²) in [6.07, 6.45) is 0. The summed E-state index contributed by atoms with van der Waals surface area (Å²) < 4.78 is 7.29. The van der Waals surface area contributed by atoms with Gasteiger partial charge in [-0.25, -0.2) is 4.68 Å². The zero-order valence-electron chi connectivity index (χ0n) is 16.3. The first-order valence-electron chi connectivity index (χ1n) is 9.66. The van der Waals surface area contributed by atoms with E-state index in [9.17, 15) is 4.79 Å². The second kappa shape index (κ2) is 7.98. The molecule has 3 aromatic rings. The number of aromatic nitrogens is 3. The Morgan fingerprint density at radius 2 is 1.96 bits per heavy atom. The third-order valence-corrected chi connectivity index (χ3v) is 5.16. The number of hydrogen-bond donors (Lipinski definition) is 0. The van der Waals surface area contributed by atoms with Crippen LogP contribution in [0.4, 0.5) is 5.69 Å². The SMILES string of the molecule is CCn1nnc2cc(C(=O)N(C)Cc3ccccc3N3CCOCC3)ccc21. The van der Waals surface area contributed by atoms with Gasteiger partial charge in [0, 0.05) is 44.5 Å². The molecule has 0 aliphatic carbocycles. The van der Waals surface area contributed by atoms with E-state index in [-0.39, 0.29) is 5.91 Å². The van der Waals surface area contributed by atoms with Crippen LogP contribution in [0.1, 0.15) is 22.8 Å². The molecule has 4 rings (SSSR count). The van der Waals surface area contributed by atoms with Crippen molar-refractivity contribution in [3.8, 4) is 0 Å². The molecule has 1 aromatic heterocycles. The van der Waals surface area contributed by atoms with Crippen LogP contribution in [0.5, 0.6) is 0 Å². The van der Waals surface area contributed by atoms with Gasteiger partial charge in [-0.15, -0.1) is 5.10 Å². The third-order valence-electron chi connectivity index (χ3n) is 5.16. The van der Waals surface area contributed by atoms with Crippen LogP contribution in [-0.2, 0) is 17.8 Å². The number of nitrogens with zero attached hydrogens (tertiary/aromatic N) is 5. The van der Waals surface area contributed by atoms with Crippen molar-refractivity contribution in [2.24, 2.45) is 0 Å². The summed E-state index contributed by atoms with van der Waals surface area (Å²) in [5, 5.41) is 8.29. The van der Waals surface area contributed by atoms with Gasteiger partial charge in [0.1, 0.15) is 5.52 Å². The van der Waals surface area contributed by atoms with E-state index >= 15 is 0 Å². The Bertz CT molecular complexity index is 978. The molecule has 0 spiro atoms. The van der Waals surface area contributed by atoms with Crippen molar-refractivity contribution in [2.75, 3.05) is 38.3 Å². The second-order valence-electron chi connectivity index (χ2n) is 7.00. The van der Waals surface area contributed by atoms with E-state index in [0.29, 0.717) is 12.1 Å². The standard InChI is InChI=1S/C21H25N5O2/c1-3-26-20-9-8-16(14-18(20)22-23-26)21(27)24(2)15-17-6-4-5-7-19(17)25-10-12-28-13-11-25/h4-9,14H,3,10-13,15H2,1-2H3. The molecule has 1 saturated heterocycles. The topological polar surface area (TPSA) is 63.5 Å². The number of rotatable bonds is 5. The highest BCUT2D eigenvalue weighted by atomic mass is 16.5. The summed E-state index contributed by atoms with van der Waals surface area (Å²) in [7, 11) is 1.84. The summed E-state index contributed by atoms with van der Waals surface area (Å²) in [5.41, 5.74) is 4.63. The Morgan fingerprint density at radius 1 is 1.18 bits per heavy atom. The number of ether oxygens (including phenoxy) is 1. The fourth-order valence-corrected chi connectivity index (χ4v) is 3.64. The zero-order valence-corrected chi connectivity index (χ0v) is 16.3. The average molecular weight is 379 g/mol. The smallest absolute Gasteiger partial charge is 0.253 e. The lowest BCUT2D eigenvalue weighted by molar-refractivity contribution is 0.0785. The number of carbonyl (C=O) groups excluding carboxylic acids is 1. The Morgan fingerprint density at radius 3 is 2.75 bits per heavy atom. The number of carbonyl (C=O) groups is 1. The number of benzene rings is 2. The van der Waals surface area contributed by atoms with Crippen molar-refractivity contribution >= 4 is 22.6 Å². The fraction of sp³-hybridized carbons (Fsp3) is 0.381. The highest BCUT2D eigenvalue weighted by Gasteiger charge is 2.18. The van der Waals surface area contributed by atoms with Crippen LogP contribution in [0.3, 0.4) is 0 Å². The number of para-hydroxylation sites is 1. The number of hydrogen-bond acceptors (Lipinski definition) is 5. The molecule has 28 heavy (non-hydrogen) atoms. The van der Waals surface area contributed by atoms with Gasteiger partial charge in [0.15, 0.2) is 0 Å². The molecule has 2 heterocycles. The molecule has 0 N–H and O–H groups in total. The lowest BCUT2D eigenvalue weighted by atomic mass is 10.1. The molecule has 1 amide bonds. The van der Waals surface area contributed by atoms with Crippen LogP contribution in [0.2, 0.25) is 0 Å². The molecule has 2 aromatic carbocycles. The highest BCUT2D eigenvalue weighted by Crippen LogP contribution is 2.23. The second-order valence-corrected chi connectivity index (χ2v) is 7.00. The molecule has 1 fully saturated rings. The van der Waals surface area contributed by atoms with Crippen LogP contribution in [0.25, 0.3) is 11.0 Å². The molecule has 0 unspecified atom stereocenters. The molecular formula is C21H25N5O2. The highest BCUT2D eigenvalue weighted by molar-refractivity contribution is 5.97. The van der Waals surface area contributed by atoms with Gasteiger partial charge in [-0.2, -0.15) is 0 Å². The zero-order chi connectivity index (χ0) is 19.5. The Hall–Kier alpha value is -2.93. The van der Waals surface area contributed by atoms with Gasteiger partial charge in [0.25, 0.3) is 5.91 Å². The summed E-state index contributed by atoms with van der Waals surface area (Å²) in [6, 6.07) is 13.9. The number of anilines is 1. The first-order chi connectivity index (χ1) is 13.7. The molecule has 1 aliphatic rings. The van der Waals surface area contributed by atoms with Crippen LogP contribution < -0.4 is 4.90 Å². The van der Waals surface area contributed by atoms with Gasteiger partial charge in [-0.05, 0) is 36.8 Å². The van der Waals surface area contributed by atoms with Crippen molar-refractivity contribution in [1.29, 1.82) is 0 Å². The molecule has 7 nitrogen and oxygen atoms in total. The largest absolute Gasteiger partial charge is 0.378 e. The van der Waals surface area contributed by atoms with E-state index in [2.05, 4.69) is 27.3 Å². The maximum atomic E-state index is 13.0. The predicted molar refractivity (Wildman–Crippen MR) is 108 cm³/mol. The van der Waals surface area contributed by atoms with Crippen LogP contribution >= 0.6 is 0 Å². The van der Waals surface area contributed by atoms with Gasteiger partial charge in [0.05, 0.1) is 18.7 Å². The molecular weight excluding hydrogens is 354 g/mol. The summed E-state index contributed by atoms with van der Waals surface area (Å²) in [6.45, 7) is 6.54. The number of amides is 1. The van der Waals surface area contributed by atoms with E-state index in [1.165, 1.54) is 5.69 Å². The van der Waals surface area contributed by atoms with E-state index in [1.807, 2.05) is 49.0 Å². The lowest BCUT2D eigenvalue weighted by Crippen LogP contribution is -2.37. The van der Waals surface area contributed by atoms with Crippen LogP contribution in [0.15, 0.2) is 42.5 Å². The van der Waals surface area contributed by atoms with E-state index < -0.39 is 0 Å². The number of aryl methyl sites for hydroxylation is 1.